The van der Waals surface area contributed by atoms with E-state index in [0.29, 0.717) is 6.04 Å². The van der Waals surface area contributed by atoms with Gasteiger partial charge >= 0.3 is 0 Å². The zero-order valence-corrected chi connectivity index (χ0v) is 11.5. The molecule has 0 unspecified atom stereocenters. The summed E-state index contributed by atoms with van der Waals surface area (Å²) in [4.78, 5) is 2.35. The van der Waals surface area contributed by atoms with Crippen LogP contribution in [0.5, 0.6) is 5.75 Å². The Morgan fingerprint density at radius 1 is 1.28 bits per heavy atom. The molecule has 1 aromatic rings. The summed E-state index contributed by atoms with van der Waals surface area (Å²) >= 11 is 0. The summed E-state index contributed by atoms with van der Waals surface area (Å²) in [6.07, 6.45) is 6.28. The number of nitrogens with two attached hydrogens (primary N) is 1. The molecular weight excluding hydrogens is 224 g/mol. The van der Waals surface area contributed by atoms with E-state index in [4.69, 9.17) is 10.5 Å². The highest BCUT2D eigenvalue weighted by atomic mass is 16.5. The molecule has 2 N–H and O–H groups in total. The van der Waals surface area contributed by atoms with Crippen molar-refractivity contribution in [1.29, 1.82) is 0 Å². The SMILES string of the molecule is CCCOc1cc(N)cc(N(C)C2CCCC2)c1. The molecule has 100 valence electrons. The molecule has 3 heteroatoms. The van der Waals surface area contributed by atoms with Gasteiger partial charge < -0.3 is 15.4 Å². The van der Waals surface area contributed by atoms with Gasteiger partial charge in [-0.1, -0.05) is 19.8 Å². The first kappa shape index (κ1) is 13.1. The molecule has 3 nitrogen and oxygen atoms in total. The molecule has 0 amide bonds. The molecule has 0 aromatic heterocycles. The highest BCUT2D eigenvalue weighted by Gasteiger charge is 2.20. The third kappa shape index (κ3) is 3.09. The van der Waals surface area contributed by atoms with Gasteiger partial charge in [0.15, 0.2) is 0 Å². The molecule has 1 fully saturated rings. The van der Waals surface area contributed by atoms with Crippen molar-refractivity contribution >= 4 is 11.4 Å². The number of benzene rings is 1. The zero-order chi connectivity index (χ0) is 13.0. The van der Waals surface area contributed by atoms with Crippen LogP contribution in [-0.2, 0) is 0 Å². The number of hydrogen-bond acceptors (Lipinski definition) is 3. The monoisotopic (exact) mass is 248 g/mol. The largest absolute Gasteiger partial charge is 0.493 e. The van der Waals surface area contributed by atoms with E-state index in [2.05, 4.69) is 24.9 Å². The molecule has 2 rings (SSSR count). The van der Waals surface area contributed by atoms with Crippen molar-refractivity contribution in [2.24, 2.45) is 0 Å². The van der Waals surface area contributed by atoms with Gasteiger partial charge in [0.2, 0.25) is 0 Å². The molecule has 1 aromatic carbocycles. The predicted octanol–water partition coefficient (Wildman–Crippen LogP) is 3.44. The molecule has 1 aliphatic carbocycles. The second-order valence-corrected chi connectivity index (χ2v) is 5.16. The van der Waals surface area contributed by atoms with E-state index in [1.807, 2.05) is 12.1 Å². The number of rotatable bonds is 5. The second-order valence-electron chi connectivity index (χ2n) is 5.16. The van der Waals surface area contributed by atoms with Gasteiger partial charge in [0.25, 0.3) is 0 Å². The first-order valence-electron chi connectivity index (χ1n) is 6.97. The Labute approximate surface area is 110 Å². The van der Waals surface area contributed by atoms with E-state index in [0.717, 1.165) is 24.5 Å². The van der Waals surface area contributed by atoms with Gasteiger partial charge in [0.1, 0.15) is 5.75 Å². The van der Waals surface area contributed by atoms with Crippen molar-refractivity contribution in [1.82, 2.24) is 0 Å². The van der Waals surface area contributed by atoms with Crippen LogP contribution in [0.2, 0.25) is 0 Å². The van der Waals surface area contributed by atoms with Crippen LogP contribution in [0, 0.1) is 0 Å². The smallest absolute Gasteiger partial charge is 0.123 e. The summed E-state index contributed by atoms with van der Waals surface area (Å²) in [5.41, 5.74) is 7.92. The maximum Gasteiger partial charge on any atom is 0.123 e. The number of nitrogen functional groups attached to an aromatic ring is 1. The molecule has 1 aliphatic rings. The van der Waals surface area contributed by atoms with E-state index in [9.17, 15) is 0 Å². The van der Waals surface area contributed by atoms with Crippen LogP contribution in [0.3, 0.4) is 0 Å². The van der Waals surface area contributed by atoms with Gasteiger partial charge in [-0.15, -0.1) is 0 Å². The molecule has 0 aliphatic heterocycles. The second kappa shape index (κ2) is 5.98. The summed E-state index contributed by atoms with van der Waals surface area (Å²) in [7, 11) is 2.16. The Bertz CT molecular complexity index is 386. The van der Waals surface area contributed by atoms with Gasteiger partial charge in [-0.2, -0.15) is 0 Å². The van der Waals surface area contributed by atoms with Crippen molar-refractivity contribution in [2.45, 2.75) is 45.1 Å². The Balaban J connectivity index is 2.13. The van der Waals surface area contributed by atoms with Gasteiger partial charge in [-0.3, -0.25) is 0 Å². The molecular formula is C15H24N2O. The van der Waals surface area contributed by atoms with Crippen LogP contribution >= 0.6 is 0 Å². The Kier molecular flexibility index (Phi) is 4.34. The molecule has 0 heterocycles. The average molecular weight is 248 g/mol. The Hall–Kier alpha value is -1.38. The van der Waals surface area contributed by atoms with Crippen LogP contribution in [0.15, 0.2) is 18.2 Å². The lowest BCUT2D eigenvalue weighted by Gasteiger charge is -2.27. The van der Waals surface area contributed by atoms with Crippen molar-refractivity contribution in [3.05, 3.63) is 18.2 Å². The van der Waals surface area contributed by atoms with Crippen molar-refractivity contribution in [2.75, 3.05) is 24.3 Å². The lowest BCUT2D eigenvalue weighted by molar-refractivity contribution is 0.317. The van der Waals surface area contributed by atoms with Crippen LogP contribution in [0.25, 0.3) is 0 Å². The lowest BCUT2D eigenvalue weighted by Crippen LogP contribution is -2.28. The van der Waals surface area contributed by atoms with Crippen molar-refractivity contribution in [3.8, 4) is 5.75 Å². The average Bonchev–Trinajstić information content (AvgIpc) is 2.88. The maximum absolute atomic E-state index is 5.96. The third-order valence-corrected chi connectivity index (χ3v) is 3.67. The zero-order valence-electron chi connectivity index (χ0n) is 11.5. The summed E-state index contributed by atoms with van der Waals surface area (Å²) in [5.74, 6) is 0.886. The van der Waals surface area contributed by atoms with E-state index >= 15 is 0 Å². The van der Waals surface area contributed by atoms with E-state index < -0.39 is 0 Å². The predicted molar refractivity (Wildman–Crippen MR) is 77.3 cm³/mol. The van der Waals surface area contributed by atoms with Gasteiger partial charge in [0.05, 0.1) is 6.61 Å². The fourth-order valence-electron chi connectivity index (χ4n) is 2.62. The molecule has 1 saturated carbocycles. The van der Waals surface area contributed by atoms with Crippen molar-refractivity contribution in [3.63, 3.8) is 0 Å². The molecule has 0 atom stereocenters. The van der Waals surface area contributed by atoms with Gasteiger partial charge in [-0.05, 0) is 25.3 Å². The van der Waals surface area contributed by atoms with Gasteiger partial charge in [0, 0.05) is 36.6 Å². The lowest BCUT2D eigenvalue weighted by atomic mass is 10.2. The summed E-state index contributed by atoms with van der Waals surface area (Å²) < 4.78 is 5.68. The fourth-order valence-corrected chi connectivity index (χ4v) is 2.62. The minimum absolute atomic E-state index is 0.658. The van der Waals surface area contributed by atoms with E-state index in [1.54, 1.807) is 0 Å². The van der Waals surface area contributed by atoms with Crippen LogP contribution in [0.1, 0.15) is 39.0 Å². The molecule has 0 bridgehead atoms. The number of nitrogens with zero attached hydrogens (tertiary/aromatic N) is 1. The fraction of sp³-hybridized carbons (Fsp3) is 0.600. The quantitative estimate of drug-likeness (QED) is 0.811. The van der Waals surface area contributed by atoms with E-state index in [1.165, 1.54) is 31.4 Å². The van der Waals surface area contributed by atoms with Crippen LogP contribution < -0.4 is 15.4 Å². The van der Waals surface area contributed by atoms with Crippen LogP contribution in [0.4, 0.5) is 11.4 Å². The number of hydrogen-bond donors (Lipinski definition) is 1. The minimum Gasteiger partial charge on any atom is -0.493 e. The highest BCUT2D eigenvalue weighted by Crippen LogP contribution is 2.30. The summed E-state index contributed by atoms with van der Waals surface area (Å²) in [6.45, 7) is 2.86. The topological polar surface area (TPSA) is 38.5 Å². The van der Waals surface area contributed by atoms with Crippen molar-refractivity contribution < 1.29 is 4.74 Å². The maximum atomic E-state index is 5.96. The molecule has 18 heavy (non-hydrogen) atoms. The summed E-state index contributed by atoms with van der Waals surface area (Å²) in [5, 5.41) is 0. The number of ether oxygens (including phenoxy) is 1. The third-order valence-electron chi connectivity index (χ3n) is 3.67. The molecule has 0 radical (unpaired) electrons. The number of anilines is 2. The molecule has 0 saturated heterocycles. The normalized spacial score (nSPS) is 15.9. The Morgan fingerprint density at radius 2 is 2.00 bits per heavy atom. The minimum atomic E-state index is 0.658. The first-order valence-corrected chi connectivity index (χ1v) is 6.97. The van der Waals surface area contributed by atoms with Crippen LogP contribution in [-0.4, -0.2) is 19.7 Å². The highest BCUT2D eigenvalue weighted by molar-refractivity contribution is 5.60. The Morgan fingerprint density at radius 3 is 2.67 bits per heavy atom. The van der Waals surface area contributed by atoms with Gasteiger partial charge in [-0.25, -0.2) is 0 Å². The standard InChI is InChI=1S/C15H24N2O/c1-3-8-18-15-10-12(16)9-14(11-15)17(2)13-6-4-5-7-13/h9-11,13H,3-8,16H2,1-2H3. The first-order chi connectivity index (χ1) is 8.70. The summed E-state index contributed by atoms with van der Waals surface area (Å²) in [6, 6.07) is 6.70. The molecule has 0 spiro atoms. The van der Waals surface area contributed by atoms with E-state index in [-0.39, 0.29) is 0 Å².